The van der Waals surface area contributed by atoms with Crippen LogP contribution < -0.4 is 5.32 Å². The lowest BCUT2D eigenvalue weighted by atomic mass is 9.98. The Kier molecular flexibility index (Phi) is 6.41. The number of nitrogens with zero attached hydrogens (tertiary/aromatic N) is 2. The molecule has 136 valence electrons. The smallest absolute Gasteiger partial charge is 0.222 e. The van der Waals surface area contributed by atoms with Crippen molar-refractivity contribution in [2.45, 2.75) is 40.2 Å². The van der Waals surface area contributed by atoms with Crippen molar-refractivity contribution in [1.82, 2.24) is 9.97 Å². The Morgan fingerprint density at radius 1 is 1.27 bits per heavy atom. The number of amides is 1. The first-order valence-corrected chi connectivity index (χ1v) is 8.61. The van der Waals surface area contributed by atoms with Gasteiger partial charge in [-0.25, -0.2) is 4.98 Å². The quantitative estimate of drug-likeness (QED) is 0.762. The number of carbonyl (C=O) groups is 1. The summed E-state index contributed by atoms with van der Waals surface area (Å²) in [6, 6.07) is 3.76. The maximum absolute atomic E-state index is 11.2. The summed E-state index contributed by atoms with van der Waals surface area (Å²) < 4.78 is 0. The zero-order valence-electron chi connectivity index (χ0n) is 15.7. The van der Waals surface area contributed by atoms with E-state index >= 15 is 0 Å². The molecule has 26 heavy (non-hydrogen) atoms. The van der Waals surface area contributed by atoms with Gasteiger partial charge in [-0.3, -0.25) is 9.78 Å². The SMILES string of the molecule is C=C(/C=C(C)\C(=C/C)c1cc2cnc(NC(C)=O)cc2cn1)C(O)CC. The van der Waals surface area contributed by atoms with Gasteiger partial charge in [-0.15, -0.1) is 0 Å². The lowest BCUT2D eigenvalue weighted by Gasteiger charge is -2.12. The van der Waals surface area contributed by atoms with Gasteiger partial charge in [-0.2, -0.15) is 0 Å². The van der Waals surface area contributed by atoms with Crippen LogP contribution in [0.25, 0.3) is 16.3 Å². The number of aliphatic hydroxyl groups excluding tert-OH is 1. The van der Waals surface area contributed by atoms with Crippen LogP contribution in [0.15, 0.2) is 54.4 Å². The molecule has 5 nitrogen and oxygen atoms in total. The fraction of sp³-hybridized carbons (Fsp3) is 0.286. The lowest BCUT2D eigenvalue weighted by Crippen LogP contribution is -2.07. The molecule has 0 radical (unpaired) electrons. The fourth-order valence-electron chi connectivity index (χ4n) is 2.73. The lowest BCUT2D eigenvalue weighted by molar-refractivity contribution is -0.114. The number of allylic oxidation sites excluding steroid dienone is 3. The molecule has 0 bridgehead atoms. The predicted molar refractivity (Wildman–Crippen MR) is 107 cm³/mol. The number of aromatic nitrogens is 2. The molecule has 0 aromatic carbocycles. The summed E-state index contributed by atoms with van der Waals surface area (Å²) in [6.45, 7) is 11.2. The third-order valence-corrected chi connectivity index (χ3v) is 4.11. The average Bonchev–Trinajstić information content (AvgIpc) is 2.61. The molecule has 2 rings (SSSR count). The van der Waals surface area contributed by atoms with E-state index in [1.165, 1.54) is 6.92 Å². The first-order valence-electron chi connectivity index (χ1n) is 8.61. The summed E-state index contributed by atoms with van der Waals surface area (Å²) in [5, 5.41) is 14.4. The molecule has 0 spiro atoms. The zero-order chi connectivity index (χ0) is 19.3. The van der Waals surface area contributed by atoms with Crippen LogP contribution in [0.5, 0.6) is 0 Å². The summed E-state index contributed by atoms with van der Waals surface area (Å²) in [4.78, 5) is 20.0. The Balaban J connectivity index is 2.36. The minimum absolute atomic E-state index is 0.159. The van der Waals surface area contributed by atoms with Crippen molar-refractivity contribution in [2.24, 2.45) is 0 Å². The second-order valence-electron chi connectivity index (χ2n) is 6.20. The normalized spacial score (nSPS) is 13.6. The average molecular weight is 351 g/mol. The van der Waals surface area contributed by atoms with E-state index in [-0.39, 0.29) is 5.91 Å². The maximum Gasteiger partial charge on any atom is 0.222 e. The summed E-state index contributed by atoms with van der Waals surface area (Å²) in [6.07, 6.45) is 7.47. The van der Waals surface area contributed by atoms with Crippen molar-refractivity contribution in [1.29, 1.82) is 0 Å². The molecule has 0 saturated carbocycles. The largest absolute Gasteiger partial charge is 0.388 e. The predicted octanol–water partition coefficient (Wildman–Crippen LogP) is 4.26. The number of pyridine rings is 2. The van der Waals surface area contributed by atoms with Gasteiger partial charge in [0.15, 0.2) is 0 Å². The highest BCUT2D eigenvalue weighted by atomic mass is 16.3. The van der Waals surface area contributed by atoms with Gasteiger partial charge in [0.25, 0.3) is 0 Å². The molecule has 0 aliphatic carbocycles. The highest BCUT2D eigenvalue weighted by Crippen LogP contribution is 2.26. The molecule has 0 fully saturated rings. The van der Waals surface area contributed by atoms with Crippen molar-refractivity contribution in [3.05, 3.63) is 60.1 Å². The van der Waals surface area contributed by atoms with E-state index in [1.807, 2.05) is 39.0 Å². The third kappa shape index (κ3) is 4.64. The van der Waals surface area contributed by atoms with Crippen molar-refractivity contribution < 1.29 is 9.90 Å². The molecule has 1 unspecified atom stereocenters. The Morgan fingerprint density at radius 2 is 1.92 bits per heavy atom. The molecular formula is C21H25N3O2. The van der Waals surface area contributed by atoms with E-state index < -0.39 is 6.10 Å². The number of carbonyl (C=O) groups excluding carboxylic acids is 1. The standard InChI is InChI=1S/C21H25N3O2/c1-6-18(13(3)8-14(4)20(26)7-2)19-9-16-12-23-21(24-15(5)25)10-17(16)11-22-19/h6,8-12,20,26H,4,7H2,1-3,5H3,(H,23,24,25)/b13-8-,18-6+. The summed E-state index contributed by atoms with van der Waals surface area (Å²) in [7, 11) is 0. The maximum atomic E-state index is 11.2. The van der Waals surface area contributed by atoms with Crippen LogP contribution in [0.2, 0.25) is 0 Å². The van der Waals surface area contributed by atoms with Gasteiger partial charge in [0.1, 0.15) is 5.82 Å². The van der Waals surface area contributed by atoms with E-state index in [0.29, 0.717) is 17.8 Å². The zero-order valence-corrected chi connectivity index (χ0v) is 15.7. The molecule has 2 aromatic rings. The number of fused-ring (bicyclic) bond motifs is 1. The van der Waals surface area contributed by atoms with E-state index in [4.69, 9.17) is 0 Å². The molecular weight excluding hydrogens is 326 g/mol. The molecule has 1 atom stereocenters. The first kappa shape index (κ1) is 19.5. The molecule has 2 N–H and O–H groups in total. The van der Waals surface area contributed by atoms with E-state index in [0.717, 1.165) is 27.6 Å². The third-order valence-electron chi connectivity index (χ3n) is 4.11. The monoisotopic (exact) mass is 351 g/mol. The molecule has 0 saturated heterocycles. The topological polar surface area (TPSA) is 75.1 Å². The van der Waals surface area contributed by atoms with Crippen LogP contribution in [0.3, 0.4) is 0 Å². The van der Waals surface area contributed by atoms with Crippen molar-refractivity contribution >= 4 is 28.1 Å². The molecule has 2 aromatic heterocycles. The van der Waals surface area contributed by atoms with Crippen molar-refractivity contribution in [2.75, 3.05) is 5.32 Å². The number of hydrogen-bond acceptors (Lipinski definition) is 4. The minimum Gasteiger partial charge on any atom is -0.388 e. The van der Waals surface area contributed by atoms with Gasteiger partial charge in [-0.1, -0.05) is 25.7 Å². The number of aliphatic hydroxyl groups is 1. The van der Waals surface area contributed by atoms with Crippen molar-refractivity contribution in [3.8, 4) is 0 Å². The Morgan fingerprint density at radius 3 is 2.54 bits per heavy atom. The number of rotatable bonds is 6. The first-order chi connectivity index (χ1) is 12.3. The summed E-state index contributed by atoms with van der Waals surface area (Å²) in [5.41, 5.74) is 3.47. The van der Waals surface area contributed by atoms with Gasteiger partial charge in [0.2, 0.25) is 5.91 Å². The van der Waals surface area contributed by atoms with Crippen LogP contribution in [-0.2, 0) is 4.79 Å². The highest BCUT2D eigenvalue weighted by Gasteiger charge is 2.10. The summed E-state index contributed by atoms with van der Waals surface area (Å²) in [5.74, 6) is 0.347. The molecule has 0 aliphatic heterocycles. The van der Waals surface area contributed by atoms with Gasteiger partial charge in [0, 0.05) is 30.1 Å². The fourth-order valence-corrected chi connectivity index (χ4v) is 2.73. The Labute approximate surface area is 154 Å². The van der Waals surface area contributed by atoms with Gasteiger partial charge in [-0.05, 0) is 49.1 Å². The van der Waals surface area contributed by atoms with Gasteiger partial charge >= 0.3 is 0 Å². The van der Waals surface area contributed by atoms with Crippen LogP contribution >= 0.6 is 0 Å². The van der Waals surface area contributed by atoms with Crippen LogP contribution in [0.1, 0.15) is 39.8 Å². The second-order valence-corrected chi connectivity index (χ2v) is 6.20. The van der Waals surface area contributed by atoms with E-state index in [1.54, 1.807) is 18.5 Å². The highest BCUT2D eigenvalue weighted by molar-refractivity contribution is 5.92. The minimum atomic E-state index is -0.538. The van der Waals surface area contributed by atoms with Crippen LogP contribution in [-0.4, -0.2) is 27.1 Å². The van der Waals surface area contributed by atoms with E-state index in [9.17, 15) is 9.90 Å². The second kappa shape index (κ2) is 8.54. The van der Waals surface area contributed by atoms with E-state index in [2.05, 4.69) is 21.9 Å². The molecule has 2 heterocycles. The molecule has 0 aliphatic rings. The Bertz CT molecular complexity index is 897. The Hall–Kier alpha value is -2.79. The number of anilines is 1. The van der Waals surface area contributed by atoms with Crippen LogP contribution in [0.4, 0.5) is 5.82 Å². The van der Waals surface area contributed by atoms with Crippen LogP contribution in [0, 0.1) is 0 Å². The van der Waals surface area contributed by atoms with Gasteiger partial charge < -0.3 is 10.4 Å². The van der Waals surface area contributed by atoms with Gasteiger partial charge in [0.05, 0.1) is 11.8 Å². The van der Waals surface area contributed by atoms with Crippen molar-refractivity contribution in [3.63, 3.8) is 0 Å². The molecule has 1 amide bonds. The summed E-state index contributed by atoms with van der Waals surface area (Å²) >= 11 is 0. The number of nitrogens with one attached hydrogen (secondary N) is 1. The number of hydrogen-bond donors (Lipinski definition) is 2. The molecule has 5 heteroatoms.